The lowest BCUT2D eigenvalue weighted by Crippen LogP contribution is -1.96. The van der Waals surface area contributed by atoms with E-state index in [1.165, 1.54) is 18.4 Å². The smallest absolute Gasteiger partial charge is 0.0433 e. The van der Waals surface area contributed by atoms with Crippen molar-refractivity contribution in [1.82, 2.24) is 0 Å². The zero-order valence-electron chi connectivity index (χ0n) is 8.64. The van der Waals surface area contributed by atoms with Gasteiger partial charge in [0.2, 0.25) is 0 Å². The van der Waals surface area contributed by atoms with Crippen molar-refractivity contribution in [2.45, 2.75) is 46.5 Å². The Bertz CT molecular complexity index is 127. The molecule has 0 aliphatic carbocycles. The molecule has 0 amide bonds. The van der Waals surface area contributed by atoms with Crippen LogP contribution >= 0.6 is 0 Å². The van der Waals surface area contributed by atoms with Crippen LogP contribution in [-0.4, -0.2) is 11.7 Å². The summed E-state index contributed by atoms with van der Waals surface area (Å²) in [5.74, 6) is 0.663. The number of aliphatic hydroxyl groups excluding tert-OH is 1. The minimum atomic E-state index is 0.331. The van der Waals surface area contributed by atoms with E-state index in [1.54, 1.807) is 0 Å². The molecule has 72 valence electrons. The standard InChI is InChI=1S/C11H22O/c1-4-10(2)6-5-7-11(3)8-9-12/h6,11-12H,4-5,7-9H2,1-3H3. The molecule has 0 aromatic rings. The molecule has 1 unspecified atom stereocenters. The number of rotatable bonds is 6. The molecule has 0 saturated heterocycles. The van der Waals surface area contributed by atoms with Crippen LogP contribution < -0.4 is 0 Å². The van der Waals surface area contributed by atoms with Gasteiger partial charge in [-0.2, -0.15) is 0 Å². The minimum absolute atomic E-state index is 0.331. The maximum atomic E-state index is 8.68. The lowest BCUT2D eigenvalue weighted by Gasteiger charge is -2.06. The molecule has 1 nitrogen and oxygen atoms in total. The van der Waals surface area contributed by atoms with Crippen LogP contribution in [-0.2, 0) is 0 Å². The maximum absolute atomic E-state index is 8.68. The molecule has 0 rings (SSSR count). The first-order chi connectivity index (χ1) is 5.70. The summed E-state index contributed by atoms with van der Waals surface area (Å²) in [5.41, 5.74) is 1.48. The summed E-state index contributed by atoms with van der Waals surface area (Å²) in [5, 5.41) is 8.68. The topological polar surface area (TPSA) is 20.2 Å². The van der Waals surface area contributed by atoms with Gasteiger partial charge in [0.15, 0.2) is 0 Å². The third kappa shape index (κ3) is 6.41. The second-order valence-electron chi connectivity index (χ2n) is 3.60. The van der Waals surface area contributed by atoms with Crippen LogP contribution in [0.5, 0.6) is 0 Å². The number of hydrogen-bond acceptors (Lipinski definition) is 1. The van der Waals surface area contributed by atoms with Crippen molar-refractivity contribution in [3.63, 3.8) is 0 Å². The molecule has 0 aliphatic heterocycles. The summed E-state index contributed by atoms with van der Waals surface area (Å²) < 4.78 is 0. The van der Waals surface area contributed by atoms with Crippen molar-refractivity contribution < 1.29 is 5.11 Å². The van der Waals surface area contributed by atoms with Gasteiger partial charge in [0.1, 0.15) is 0 Å². The van der Waals surface area contributed by atoms with Gasteiger partial charge in [0.25, 0.3) is 0 Å². The summed E-state index contributed by atoms with van der Waals surface area (Å²) in [6.45, 7) is 6.89. The second-order valence-corrected chi connectivity index (χ2v) is 3.60. The fourth-order valence-electron chi connectivity index (χ4n) is 1.12. The lowest BCUT2D eigenvalue weighted by atomic mass is 10.0. The maximum Gasteiger partial charge on any atom is 0.0433 e. The molecular weight excluding hydrogens is 148 g/mol. The zero-order valence-corrected chi connectivity index (χ0v) is 8.64. The van der Waals surface area contributed by atoms with E-state index in [2.05, 4.69) is 26.8 Å². The van der Waals surface area contributed by atoms with E-state index in [1.807, 2.05) is 0 Å². The Balaban J connectivity index is 3.41. The summed E-state index contributed by atoms with van der Waals surface area (Å²) >= 11 is 0. The van der Waals surface area contributed by atoms with Crippen molar-refractivity contribution >= 4 is 0 Å². The quantitative estimate of drug-likeness (QED) is 0.607. The molecule has 1 N–H and O–H groups in total. The van der Waals surface area contributed by atoms with E-state index in [0.29, 0.717) is 12.5 Å². The van der Waals surface area contributed by atoms with Crippen LogP contribution in [0.3, 0.4) is 0 Å². The van der Waals surface area contributed by atoms with Gasteiger partial charge in [-0.25, -0.2) is 0 Å². The fraction of sp³-hybridized carbons (Fsp3) is 0.818. The minimum Gasteiger partial charge on any atom is -0.396 e. The average molecular weight is 170 g/mol. The highest BCUT2D eigenvalue weighted by Crippen LogP contribution is 2.11. The predicted octanol–water partition coefficient (Wildman–Crippen LogP) is 3.14. The third-order valence-corrected chi connectivity index (χ3v) is 2.33. The number of allylic oxidation sites excluding steroid dienone is 2. The Labute approximate surface area is 76.5 Å². The molecule has 0 aromatic heterocycles. The molecule has 0 fully saturated rings. The molecule has 1 heteroatoms. The van der Waals surface area contributed by atoms with Crippen molar-refractivity contribution in [3.8, 4) is 0 Å². The van der Waals surface area contributed by atoms with Crippen molar-refractivity contribution in [1.29, 1.82) is 0 Å². The van der Waals surface area contributed by atoms with Gasteiger partial charge in [-0.05, 0) is 38.5 Å². The molecule has 0 saturated carbocycles. The first-order valence-electron chi connectivity index (χ1n) is 4.97. The molecule has 0 spiro atoms. The first-order valence-corrected chi connectivity index (χ1v) is 4.97. The predicted molar refractivity (Wildman–Crippen MR) is 54.1 cm³/mol. The van der Waals surface area contributed by atoms with Crippen LogP contribution in [0.4, 0.5) is 0 Å². The Morgan fingerprint density at radius 2 is 2.08 bits per heavy atom. The average Bonchev–Trinajstić information content (AvgIpc) is 2.04. The number of aliphatic hydroxyl groups is 1. The summed E-state index contributed by atoms with van der Waals surface area (Å²) in [6.07, 6.45) is 6.79. The van der Waals surface area contributed by atoms with Gasteiger partial charge in [-0.15, -0.1) is 0 Å². The van der Waals surface area contributed by atoms with Crippen molar-refractivity contribution in [2.24, 2.45) is 5.92 Å². The van der Waals surface area contributed by atoms with Crippen LogP contribution in [0.2, 0.25) is 0 Å². The van der Waals surface area contributed by atoms with E-state index in [0.717, 1.165) is 12.8 Å². The number of hydrogen-bond donors (Lipinski definition) is 1. The van der Waals surface area contributed by atoms with E-state index in [9.17, 15) is 0 Å². The molecule has 12 heavy (non-hydrogen) atoms. The van der Waals surface area contributed by atoms with Crippen LogP contribution in [0.1, 0.15) is 46.5 Å². The van der Waals surface area contributed by atoms with E-state index < -0.39 is 0 Å². The van der Waals surface area contributed by atoms with Gasteiger partial charge in [-0.1, -0.05) is 25.5 Å². The third-order valence-electron chi connectivity index (χ3n) is 2.33. The van der Waals surface area contributed by atoms with Crippen molar-refractivity contribution in [3.05, 3.63) is 11.6 Å². The zero-order chi connectivity index (χ0) is 9.40. The van der Waals surface area contributed by atoms with Crippen LogP contribution in [0.25, 0.3) is 0 Å². The normalized spacial score (nSPS) is 14.8. The fourth-order valence-corrected chi connectivity index (χ4v) is 1.12. The monoisotopic (exact) mass is 170 g/mol. The summed E-state index contributed by atoms with van der Waals surface area (Å²) in [7, 11) is 0. The Kier molecular flexibility index (Phi) is 7.17. The second kappa shape index (κ2) is 7.35. The highest BCUT2D eigenvalue weighted by atomic mass is 16.2. The molecule has 0 heterocycles. The van der Waals surface area contributed by atoms with Gasteiger partial charge in [0, 0.05) is 6.61 Å². The van der Waals surface area contributed by atoms with Gasteiger partial charge in [0.05, 0.1) is 0 Å². The molecule has 0 aliphatic rings. The summed E-state index contributed by atoms with van der Waals surface area (Å²) in [6, 6.07) is 0. The lowest BCUT2D eigenvalue weighted by molar-refractivity contribution is 0.259. The van der Waals surface area contributed by atoms with Crippen LogP contribution in [0.15, 0.2) is 11.6 Å². The van der Waals surface area contributed by atoms with Crippen LogP contribution in [0, 0.1) is 5.92 Å². The highest BCUT2D eigenvalue weighted by Gasteiger charge is 1.98. The molecule has 1 atom stereocenters. The Morgan fingerprint density at radius 3 is 2.58 bits per heavy atom. The van der Waals surface area contributed by atoms with Crippen molar-refractivity contribution in [2.75, 3.05) is 6.61 Å². The largest absolute Gasteiger partial charge is 0.396 e. The van der Waals surface area contributed by atoms with E-state index in [-0.39, 0.29) is 0 Å². The highest BCUT2D eigenvalue weighted by molar-refractivity contribution is 4.96. The molecule has 0 radical (unpaired) electrons. The Morgan fingerprint density at radius 1 is 1.42 bits per heavy atom. The van der Waals surface area contributed by atoms with Gasteiger partial charge in [-0.3, -0.25) is 0 Å². The molecule has 0 aromatic carbocycles. The van der Waals surface area contributed by atoms with E-state index in [4.69, 9.17) is 5.11 Å². The molecule has 0 bridgehead atoms. The SMILES string of the molecule is CCC(C)=CCCC(C)CCO. The molecular formula is C11H22O. The van der Waals surface area contributed by atoms with E-state index >= 15 is 0 Å². The van der Waals surface area contributed by atoms with Gasteiger partial charge < -0.3 is 5.11 Å². The first kappa shape index (κ1) is 11.7. The summed E-state index contributed by atoms with van der Waals surface area (Å²) in [4.78, 5) is 0. The Hall–Kier alpha value is -0.300. The van der Waals surface area contributed by atoms with Gasteiger partial charge >= 0.3 is 0 Å².